The van der Waals surface area contributed by atoms with Crippen LogP contribution in [0.5, 0.6) is 5.75 Å². The Balaban J connectivity index is 0.00000450. The second kappa shape index (κ2) is 13.6. The Morgan fingerprint density at radius 3 is 2.63 bits per heavy atom. The van der Waals surface area contributed by atoms with Gasteiger partial charge in [-0.1, -0.05) is 18.2 Å². The Morgan fingerprint density at radius 2 is 1.97 bits per heavy atom. The van der Waals surface area contributed by atoms with Crippen molar-refractivity contribution in [3.05, 3.63) is 30.3 Å². The molecule has 170 valence electrons. The standard InChI is InChI=1S/C22H36N4O3.HI/c1-22(2,3)29-21(27)26-14-8-10-18(17-26)16-25-20(23-4)24-13-9-15-28-19-11-6-5-7-12-19;/h5-7,11-12,18H,8-10,13-17H2,1-4H3,(H2,23,24,25);1H. The lowest BCUT2D eigenvalue weighted by Gasteiger charge is -2.34. The van der Waals surface area contributed by atoms with E-state index in [1.54, 1.807) is 7.05 Å². The molecule has 1 aromatic carbocycles. The minimum atomic E-state index is -0.460. The van der Waals surface area contributed by atoms with E-state index in [0.717, 1.165) is 50.6 Å². The van der Waals surface area contributed by atoms with Crippen molar-refractivity contribution in [1.82, 2.24) is 15.5 Å². The van der Waals surface area contributed by atoms with E-state index in [-0.39, 0.29) is 30.1 Å². The van der Waals surface area contributed by atoms with E-state index in [0.29, 0.717) is 19.1 Å². The highest BCUT2D eigenvalue weighted by Gasteiger charge is 2.27. The molecule has 0 radical (unpaired) electrons. The fraction of sp³-hybridized carbons (Fsp3) is 0.636. The number of amides is 1. The molecule has 8 heteroatoms. The van der Waals surface area contributed by atoms with E-state index in [9.17, 15) is 4.79 Å². The molecule has 1 atom stereocenters. The summed E-state index contributed by atoms with van der Waals surface area (Å²) in [5, 5.41) is 6.69. The van der Waals surface area contributed by atoms with Gasteiger partial charge in [0.15, 0.2) is 5.96 Å². The van der Waals surface area contributed by atoms with Crippen LogP contribution < -0.4 is 15.4 Å². The minimum Gasteiger partial charge on any atom is -0.494 e. The normalized spacial score (nSPS) is 17.0. The van der Waals surface area contributed by atoms with Crippen LogP contribution in [0.4, 0.5) is 4.79 Å². The van der Waals surface area contributed by atoms with Gasteiger partial charge in [-0.25, -0.2) is 4.79 Å². The fourth-order valence-electron chi connectivity index (χ4n) is 3.17. The average molecular weight is 532 g/mol. The summed E-state index contributed by atoms with van der Waals surface area (Å²) in [4.78, 5) is 18.4. The van der Waals surface area contributed by atoms with Crippen LogP contribution in [0.1, 0.15) is 40.0 Å². The van der Waals surface area contributed by atoms with Crippen LogP contribution in [-0.4, -0.2) is 62.4 Å². The van der Waals surface area contributed by atoms with Crippen LogP contribution in [0, 0.1) is 5.92 Å². The molecule has 1 saturated heterocycles. The first-order valence-corrected chi connectivity index (χ1v) is 10.5. The molecule has 0 saturated carbocycles. The first kappa shape index (κ1) is 26.3. The van der Waals surface area contributed by atoms with Gasteiger partial charge in [0, 0.05) is 33.2 Å². The van der Waals surface area contributed by atoms with Crippen LogP contribution >= 0.6 is 24.0 Å². The molecular weight excluding hydrogens is 495 g/mol. The zero-order chi connectivity index (χ0) is 21.1. The maximum absolute atomic E-state index is 12.3. The number of carbonyl (C=O) groups is 1. The third-order valence-corrected chi connectivity index (χ3v) is 4.58. The molecule has 0 bridgehead atoms. The number of nitrogens with one attached hydrogen (secondary N) is 2. The lowest BCUT2D eigenvalue weighted by atomic mass is 9.98. The maximum Gasteiger partial charge on any atom is 0.410 e. The lowest BCUT2D eigenvalue weighted by Crippen LogP contribution is -2.47. The zero-order valence-electron chi connectivity index (χ0n) is 18.6. The zero-order valence-corrected chi connectivity index (χ0v) is 21.0. The monoisotopic (exact) mass is 532 g/mol. The maximum atomic E-state index is 12.3. The Labute approximate surface area is 198 Å². The summed E-state index contributed by atoms with van der Waals surface area (Å²) in [7, 11) is 1.77. The number of aliphatic imine (C=N–C) groups is 1. The number of guanidine groups is 1. The van der Waals surface area contributed by atoms with Gasteiger partial charge in [-0.15, -0.1) is 24.0 Å². The van der Waals surface area contributed by atoms with E-state index in [2.05, 4.69) is 15.6 Å². The van der Waals surface area contributed by atoms with Crippen LogP contribution in [0.15, 0.2) is 35.3 Å². The first-order valence-electron chi connectivity index (χ1n) is 10.5. The predicted molar refractivity (Wildman–Crippen MR) is 132 cm³/mol. The third kappa shape index (κ3) is 10.4. The first-order chi connectivity index (χ1) is 13.9. The number of hydrogen-bond donors (Lipinski definition) is 2. The Hall–Kier alpha value is -1.71. The van der Waals surface area contributed by atoms with Crippen LogP contribution in [0.2, 0.25) is 0 Å². The second-order valence-corrected chi connectivity index (χ2v) is 8.33. The molecule has 0 spiro atoms. The van der Waals surface area contributed by atoms with Gasteiger partial charge in [0.05, 0.1) is 6.61 Å². The van der Waals surface area contributed by atoms with E-state index in [1.165, 1.54) is 0 Å². The van der Waals surface area contributed by atoms with E-state index < -0.39 is 5.60 Å². The van der Waals surface area contributed by atoms with Gasteiger partial charge >= 0.3 is 6.09 Å². The van der Waals surface area contributed by atoms with Gasteiger partial charge in [0.2, 0.25) is 0 Å². The highest BCUT2D eigenvalue weighted by molar-refractivity contribution is 14.0. The van der Waals surface area contributed by atoms with Gasteiger partial charge in [0.1, 0.15) is 11.4 Å². The van der Waals surface area contributed by atoms with E-state index in [1.807, 2.05) is 56.0 Å². The van der Waals surface area contributed by atoms with Gasteiger partial charge in [-0.3, -0.25) is 4.99 Å². The summed E-state index contributed by atoms with van der Waals surface area (Å²) in [5.74, 6) is 2.05. The largest absolute Gasteiger partial charge is 0.494 e. The minimum absolute atomic E-state index is 0. The number of halogens is 1. The number of hydrogen-bond acceptors (Lipinski definition) is 4. The summed E-state index contributed by atoms with van der Waals surface area (Å²) in [5.41, 5.74) is -0.460. The molecule has 1 unspecified atom stereocenters. The highest BCUT2D eigenvalue weighted by Crippen LogP contribution is 2.18. The average Bonchev–Trinajstić information content (AvgIpc) is 2.70. The van der Waals surface area contributed by atoms with Crippen molar-refractivity contribution in [3.8, 4) is 5.75 Å². The topological polar surface area (TPSA) is 75.2 Å². The molecule has 1 aliphatic rings. The van der Waals surface area contributed by atoms with Crippen molar-refractivity contribution in [1.29, 1.82) is 0 Å². The molecule has 1 amide bonds. The highest BCUT2D eigenvalue weighted by atomic mass is 127. The third-order valence-electron chi connectivity index (χ3n) is 4.58. The Bertz CT molecular complexity index is 650. The molecule has 7 nitrogen and oxygen atoms in total. The summed E-state index contributed by atoms with van der Waals surface area (Å²) < 4.78 is 11.2. The van der Waals surface area contributed by atoms with Gasteiger partial charge in [-0.2, -0.15) is 0 Å². The van der Waals surface area contributed by atoms with Gasteiger partial charge in [-0.05, 0) is 58.1 Å². The predicted octanol–water partition coefficient (Wildman–Crippen LogP) is 3.89. The number of para-hydroxylation sites is 1. The number of rotatable bonds is 7. The molecule has 2 rings (SSSR count). The fourth-order valence-corrected chi connectivity index (χ4v) is 3.17. The molecule has 0 aliphatic carbocycles. The number of ether oxygens (including phenoxy) is 2. The number of carbonyl (C=O) groups excluding carboxylic acids is 1. The summed E-state index contributed by atoms with van der Waals surface area (Å²) >= 11 is 0. The number of likely N-dealkylation sites (tertiary alicyclic amines) is 1. The van der Waals surface area contributed by atoms with Crippen molar-refractivity contribution in [2.45, 2.75) is 45.6 Å². The van der Waals surface area contributed by atoms with Crippen molar-refractivity contribution in [2.75, 3.05) is 39.8 Å². The summed E-state index contributed by atoms with van der Waals surface area (Å²) in [6, 6.07) is 9.82. The molecule has 2 N–H and O–H groups in total. The Morgan fingerprint density at radius 1 is 1.23 bits per heavy atom. The van der Waals surface area contributed by atoms with Crippen molar-refractivity contribution >= 4 is 36.0 Å². The molecule has 1 heterocycles. The second-order valence-electron chi connectivity index (χ2n) is 8.33. The van der Waals surface area contributed by atoms with Crippen molar-refractivity contribution in [3.63, 3.8) is 0 Å². The van der Waals surface area contributed by atoms with Crippen LogP contribution in [0.3, 0.4) is 0 Å². The van der Waals surface area contributed by atoms with E-state index >= 15 is 0 Å². The van der Waals surface area contributed by atoms with Crippen molar-refractivity contribution < 1.29 is 14.3 Å². The van der Waals surface area contributed by atoms with Gasteiger partial charge < -0.3 is 25.0 Å². The summed E-state index contributed by atoms with van der Waals surface area (Å²) in [6.07, 6.45) is 2.75. The molecular formula is C22H37IN4O3. The lowest BCUT2D eigenvalue weighted by molar-refractivity contribution is 0.0168. The van der Waals surface area contributed by atoms with Crippen molar-refractivity contribution in [2.24, 2.45) is 10.9 Å². The molecule has 1 aromatic rings. The molecule has 1 aliphatic heterocycles. The smallest absolute Gasteiger partial charge is 0.410 e. The van der Waals surface area contributed by atoms with E-state index in [4.69, 9.17) is 9.47 Å². The quantitative estimate of drug-likeness (QED) is 0.241. The number of benzene rings is 1. The Kier molecular flexibility index (Phi) is 11.9. The van der Waals surface area contributed by atoms with Gasteiger partial charge in [0.25, 0.3) is 0 Å². The number of piperidine rings is 1. The SMILES string of the molecule is CN=C(NCCCOc1ccccc1)NCC1CCCN(C(=O)OC(C)(C)C)C1.I. The molecule has 30 heavy (non-hydrogen) atoms. The summed E-state index contributed by atoms with van der Waals surface area (Å²) in [6.45, 7) is 9.38. The van der Waals surface area contributed by atoms with Crippen LogP contribution in [0.25, 0.3) is 0 Å². The number of nitrogens with zero attached hydrogens (tertiary/aromatic N) is 2. The molecule has 0 aromatic heterocycles. The molecule has 1 fully saturated rings. The van der Waals surface area contributed by atoms with Crippen LogP contribution in [-0.2, 0) is 4.74 Å².